The minimum atomic E-state index is -4.46. The molecule has 0 bridgehead atoms. The van der Waals surface area contributed by atoms with Gasteiger partial charge in [0.25, 0.3) is 15.9 Å². The molecule has 20 nitrogen and oxygen atoms in total. The number of nitrogens with one attached hydrogen (secondary N) is 2. The summed E-state index contributed by atoms with van der Waals surface area (Å²) in [6.07, 6.45) is 0.571. The molecule has 1 fully saturated rings. The predicted molar refractivity (Wildman–Crippen MR) is 318 cm³/mol. The Morgan fingerprint density at radius 3 is 1.50 bits per heavy atom. The van der Waals surface area contributed by atoms with Crippen molar-refractivity contribution in [3.63, 3.8) is 0 Å². The van der Waals surface area contributed by atoms with Gasteiger partial charge in [0.05, 0.1) is 40.7 Å². The van der Waals surface area contributed by atoms with Crippen molar-refractivity contribution in [1.29, 1.82) is 0 Å². The first-order chi connectivity index (χ1) is 41.1. The van der Waals surface area contributed by atoms with Crippen molar-refractivity contribution >= 4 is 55.7 Å². The Morgan fingerprint density at radius 2 is 1.07 bits per heavy atom. The van der Waals surface area contributed by atoms with Gasteiger partial charge in [-0.15, -0.1) is 0 Å². The summed E-state index contributed by atoms with van der Waals surface area (Å²) in [7, 11) is -6.90. The SMILES string of the molecule is CCOC(=O)c1ccc(OCC#Cc2ccc(CC(C(=O)O)N(C(=O)CNC)S(=O)(=O)c3ccc(C)cc3)cc2)cc1.CCOC(=O)c1ccc(OCC#Cc2ccc(CC(NC(=O)[C@@H]3CCCN3S(=O)(=O)c3ccc(C)cc3)C(=O)O)cc2)cc1. The molecule has 6 aromatic rings. The van der Waals surface area contributed by atoms with Crippen molar-refractivity contribution in [2.75, 3.05) is 46.6 Å². The maximum atomic E-state index is 13.4. The Kier molecular flexibility index (Phi) is 24.1. The van der Waals surface area contributed by atoms with Crippen LogP contribution < -0.4 is 20.1 Å². The van der Waals surface area contributed by atoms with E-state index in [1.165, 1.54) is 31.3 Å². The van der Waals surface area contributed by atoms with E-state index in [9.17, 15) is 55.8 Å². The molecule has 22 heteroatoms. The first kappa shape index (κ1) is 65.8. The van der Waals surface area contributed by atoms with Crippen LogP contribution in [0.3, 0.4) is 0 Å². The van der Waals surface area contributed by atoms with Crippen LogP contribution in [0.4, 0.5) is 0 Å². The van der Waals surface area contributed by atoms with Crippen LogP contribution in [0, 0.1) is 37.5 Å². The van der Waals surface area contributed by atoms with Crippen LogP contribution in [0.25, 0.3) is 0 Å². The quantitative estimate of drug-likeness (QED) is 0.0388. The molecule has 0 spiro atoms. The van der Waals surface area contributed by atoms with Crippen LogP contribution in [0.2, 0.25) is 0 Å². The van der Waals surface area contributed by atoms with E-state index < -0.39 is 73.9 Å². The normalized spacial score (nSPS) is 13.5. The fourth-order valence-electron chi connectivity index (χ4n) is 8.63. The van der Waals surface area contributed by atoms with E-state index in [0.717, 1.165) is 15.4 Å². The molecule has 7 rings (SSSR count). The summed E-state index contributed by atoms with van der Waals surface area (Å²) in [6, 6.07) is 34.9. The van der Waals surface area contributed by atoms with Crippen molar-refractivity contribution in [1.82, 2.24) is 19.2 Å². The Morgan fingerprint density at radius 1 is 0.616 bits per heavy atom. The third-order valence-electron chi connectivity index (χ3n) is 13.1. The van der Waals surface area contributed by atoms with Crippen LogP contribution >= 0.6 is 0 Å². The summed E-state index contributed by atoms with van der Waals surface area (Å²) in [6.45, 7) is 7.72. The number of carboxylic acid groups (broad SMARTS) is 2. The first-order valence-corrected chi connectivity index (χ1v) is 30.1. The highest BCUT2D eigenvalue weighted by atomic mass is 32.2. The zero-order valence-corrected chi connectivity index (χ0v) is 49.6. The second kappa shape index (κ2) is 31.5. The summed E-state index contributed by atoms with van der Waals surface area (Å²) in [5.74, 6) is 7.78. The Balaban J connectivity index is 0.000000275. The maximum absolute atomic E-state index is 13.4. The van der Waals surface area contributed by atoms with Gasteiger partial charge in [0, 0.05) is 30.5 Å². The van der Waals surface area contributed by atoms with Crippen LogP contribution in [-0.2, 0) is 61.5 Å². The van der Waals surface area contributed by atoms with E-state index in [1.807, 2.05) is 6.92 Å². The number of carbonyl (C=O) groups is 6. The number of aryl methyl sites for hydroxylation is 2. The molecule has 4 N–H and O–H groups in total. The molecule has 2 unspecified atom stereocenters. The molecule has 1 heterocycles. The Bertz CT molecular complexity index is 3690. The van der Waals surface area contributed by atoms with Crippen LogP contribution in [0.15, 0.2) is 155 Å². The number of carboxylic acids is 2. The largest absolute Gasteiger partial charge is 0.481 e. The lowest BCUT2D eigenvalue weighted by molar-refractivity contribution is -0.145. The van der Waals surface area contributed by atoms with E-state index in [0.29, 0.717) is 75.2 Å². The number of esters is 2. The fraction of sp³-hybridized carbons (Fsp3) is 0.281. The molecule has 2 amide bonds. The van der Waals surface area contributed by atoms with Crippen LogP contribution in [-0.4, -0.2) is 136 Å². The third kappa shape index (κ3) is 18.6. The van der Waals surface area contributed by atoms with E-state index in [-0.39, 0.29) is 48.9 Å². The minimum absolute atomic E-state index is 0.0110. The highest BCUT2D eigenvalue weighted by Gasteiger charge is 2.41. The van der Waals surface area contributed by atoms with Gasteiger partial charge in [-0.3, -0.25) is 9.59 Å². The standard InChI is InChI=1S/C33H34N2O8S.C31H32N2O8S/c1-3-42-33(39)26-14-16-27(17-15-26)43-21-5-6-24-10-12-25(13-11-24)22-29(32(37)38)34-31(36)30-7-4-20-35(30)44(40,41)28-18-8-23(2)9-19-28;1-4-40-31(37)25-13-15-26(16-14-25)41-19-5-6-23-9-11-24(12-10-23)20-28(30(35)36)33(29(34)21-32-3)42(38,39)27-17-7-22(2)8-18-27/h8-19,29-30H,3-4,7,20-22H2,1-2H3,(H,34,36)(H,37,38);7-18,28,32H,4,19-21H2,1-3H3,(H,35,36)/t29?,30-;/m0./s1. The molecule has 1 aliphatic rings. The molecule has 1 saturated heterocycles. The lowest BCUT2D eigenvalue weighted by atomic mass is 10.0. The Hall–Kier alpha value is -9.32. The summed E-state index contributed by atoms with van der Waals surface area (Å²) in [5.41, 5.74) is 5.06. The predicted octanol–water partition coefficient (Wildman–Crippen LogP) is 6.60. The molecule has 6 aromatic carbocycles. The van der Waals surface area contributed by atoms with Crippen LogP contribution in [0.1, 0.15) is 80.8 Å². The van der Waals surface area contributed by atoms with Crippen molar-refractivity contribution in [3.05, 3.63) is 190 Å². The maximum Gasteiger partial charge on any atom is 0.338 e. The van der Waals surface area contributed by atoms with Gasteiger partial charge in [0.15, 0.2) is 0 Å². The molecule has 0 aliphatic carbocycles. The van der Waals surface area contributed by atoms with Gasteiger partial charge in [0.2, 0.25) is 15.9 Å². The smallest absolute Gasteiger partial charge is 0.338 e. The molecule has 86 heavy (non-hydrogen) atoms. The average molecular weight is 1210 g/mol. The topological polar surface area (TPSA) is 279 Å². The number of rotatable bonds is 23. The lowest BCUT2D eigenvalue weighted by Gasteiger charge is -2.28. The van der Waals surface area contributed by atoms with Crippen molar-refractivity contribution in [2.24, 2.45) is 0 Å². The van der Waals surface area contributed by atoms with E-state index in [2.05, 4.69) is 34.3 Å². The summed E-state index contributed by atoms with van der Waals surface area (Å²) < 4.78 is 76.0. The second-order valence-corrected chi connectivity index (χ2v) is 23.1. The molecule has 0 radical (unpaired) electrons. The number of amides is 2. The van der Waals surface area contributed by atoms with Gasteiger partial charge >= 0.3 is 23.9 Å². The van der Waals surface area contributed by atoms with E-state index >= 15 is 0 Å². The summed E-state index contributed by atoms with van der Waals surface area (Å²) in [4.78, 5) is 73.7. The zero-order chi connectivity index (χ0) is 62.4. The third-order valence-corrected chi connectivity index (χ3v) is 16.8. The highest BCUT2D eigenvalue weighted by Crippen LogP contribution is 2.28. The number of aliphatic carboxylic acids is 2. The minimum Gasteiger partial charge on any atom is -0.481 e. The number of ether oxygens (including phenoxy) is 4. The number of sulfonamides is 2. The number of nitrogens with zero attached hydrogens (tertiary/aromatic N) is 2. The average Bonchev–Trinajstić information content (AvgIpc) is 2.12. The first-order valence-electron chi connectivity index (χ1n) is 27.2. The lowest BCUT2D eigenvalue weighted by Crippen LogP contribution is -2.52. The van der Waals surface area contributed by atoms with E-state index in [1.54, 1.807) is 142 Å². The van der Waals surface area contributed by atoms with E-state index in [4.69, 9.17) is 18.9 Å². The van der Waals surface area contributed by atoms with Crippen LogP contribution in [0.5, 0.6) is 11.5 Å². The van der Waals surface area contributed by atoms with Crippen molar-refractivity contribution < 1.29 is 74.8 Å². The summed E-state index contributed by atoms with van der Waals surface area (Å²) >= 11 is 0. The van der Waals surface area contributed by atoms with Crippen molar-refractivity contribution in [2.45, 2.75) is 81.3 Å². The highest BCUT2D eigenvalue weighted by molar-refractivity contribution is 7.89. The van der Waals surface area contributed by atoms with Gasteiger partial charge in [-0.05, 0) is 156 Å². The molecular formula is C64H66N4O16S2. The molecule has 3 atom stereocenters. The Labute approximate surface area is 500 Å². The fourth-order valence-corrected chi connectivity index (χ4v) is 11.8. The number of benzene rings is 6. The van der Waals surface area contributed by atoms with Gasteiger partial charge in [-0.2, -0.15) is 4.31 Å². The number of hydrogen-bond acceptors (Lipinski definition) is 15. The monoisotopic (exact) mass is 1210 g/mol. The summed E-state index contributed by atoms with van der Waals surface area (Å²) in [5, 5.41) is 24.9. The molecular weight excluding hydrogens is 1140 g/mol. The van der Waals surface area contributed by atoms with Gasteiger partial charge in [-0.25, -0.2) is 40.3 Å². The second-order valence-electron chi connectivity index (χ2n) is 19.4. The van der Waals surface area contributed by atoms with Gasteiger partial charge in [0.1, 0.15) is 42.8 Å². The molecule has 0 saturated carbocycles. The van der Waals surface area contributed by atoms with Gasteiger partial charge in [-0.1, -0.05) is 83.3 Å². The number of likely N-dealkylation sites (N-methyl/N-ethyl adjacent to an activating group) is 1. The number of carbonyl (C=O) groups excluding carboxylic acids is 4. The van der Waals surface area contributed by atoms with Gasteiger partial charge < -0.3 is 39.8 Å². The molecule has 1 aliphatic heterocycles. The molecule has 0 aromatic heterocycles. The number of hydrogen-bond donors (Lipinski definition) is 4. The van der Waals surface area contributed by atoms with Crippen molar-refractivity contribution in [3.8, 4) is 35.2 Å². The zero-order valence-electron chi connectivity index (χ0n) is 48.0. The molecule has 450 valence electrons.